The molecule has 0 unspecified atom stereocenters. The minimum Gasteiger partial charge on any atom is -0.466 e. The van der Waals surface area contributed by atoms with Crippen LogP contribution in [0.25, 0.3) is 0 Å². The Bertz CT molecular complexity index is 836. The maximum Gasteiger partial charge on any atom is 0.416 e. The fourth-order valence-electron chi connectivity index (χ4n) is 2.02. The van der Waals surface area contributed by atoms with Gasteiger partial charge in [0.25, 0.3) is 0 Å². The molecule has 5 nitrogen and oxygen atoms in total. The van der Waals surface area contributed by atoms with E-state index in [1.165, 1.54) is 13.2 Å². The number of alkyl halides is 3. The summed E-state index contributed by atoms with van der Waals surface area (Å²) in [5.74, 6) is -1.02. The van der Waals surface area contributed by atoms with Crippen molar-refractivity contribution in [1.82, 2.24) is 0 Å². The Labute approximate surface area is 157 Å². The van der Waals surface area contributed by atoms with Gasteiger partial charge in [0.2, 0.25) is 0 Å². The number of benzene rings is 2. The molecule has 0 aromatic heterocycles. The summed E-state index contributed by atoms with van der Waals surface area (Å²) in [6.07, 6.45) is -4.64. The van der Waals surface area contributed by atoms with E-state index in [-0.39, 0.29) is 22.9 Å². The first-order valence-electron chi connectivity index (χ1n) is 7.55. The van der Waals surface area contributed by atoms with Crippen LogP contribution in [0.15, 0.2) is 42.5 Å². The molecule has 0 atom stereocenters. The summed E-state index contributed by atoms with van der Waals surface area (Å²) in [5, 5.41) is -0.201. The molecule has 0 aliphatic carbocycles. The smallest absolute Gasteiger partial charge is 0.416 e. The molecule has 2 aromatic carbocycles. The number of hydrogen-bond acceptors (Lipinski definition) is 5. The van der Waals surface area contributed by atoms with Gasteiger partial charge in [-0.15, -0.1) is 0 Å². The van der Waals surface area contributed by atoms with Crippen LogP contribution in [-0.4, -0.2) is 25.7 Å². The third-order valence-corrected chi connectivity index (χ3v) is 3.61. The maximum atomic E-state index is 12.7. The molecular formula is C18H14ClF3O5. The summed E-state index contributed by atoms with van der Waals surface area (Å²) in [6, 6.07) is 9.02. The standard InChI is InChI=1S/C18H14ClF3O5/c1-25-17(24)10-26-16(23)8-11-3-2-4-13(7-11)27-15-6-5-12(9-14(15)19)18(20,21)22/h2-7,9H,8,10H2,1H3. The molecule has 0 radical (unpaired) electrons. The van der Waals surface area contributed by atoms with Crippen molar-refractivity contribution in [3.8, 4) is 11.5 Å². The van der Waals surface area contributed by atoms with E-state index in [1.807, 2.05) is 0 Å². The number of hydrogen-bond donors (Lipinski definition) is 0. The van der Waals surface area contributed by atoms with E-state index < -0.39 is 30.3 Å². The molecule has 144 valence electrons. The van der Waals surface area contributed by atoms with Crippen molar-refractivity contribution < 1.29 is 37.0 Å². The summed E-state index contributed by atoms with van der Waals surface area (Å²) in [4.78, 5) is 22.6. The summed E-state index contributed by atoms with van der Waals surface area (Å²) in [7, 11) is 1.17. The predicted molar refractivity (Wildman–Crippen MR) is 89.6 cm³/mol. The molecule has 0 aliphatic heterocycles. The van der Waals surface area contributed by atoms with Crippen molar-refractivity contribution >= 4 is 23.5 Å². The van der Waals surface area contributed by atoms with Gasteiger partial charge >= 0.3 is 18.1 Å². The first-order valence-corrected chi connectivity index (χ1v) is 7.93. The molecule has 2 aromatic rings. The van der Waals surface area contributed by atoms with Crippen LogP contribution >= 0.6 is 11.6 Å². The summed E-state index contributed by atoms with van der Waals surface area (Å²) >= 11 is 5.85. The number of carbonyl (C=O) groups excluding carboxylic acids is 2. The van der Waals surface area contributed by atoms with Crippen LogP contribution in [0.4, 0.5) is 13.2 Å². The van der Waals surface area contributed by atoms with E-state index in [2.05, 4.69) is 4.74 Å². The average molecular weight is 403 g/mol. The minimum atomic E-state index is -4.51. The Balaban J connectivity index is 2.05. The highest BCUT2D eigenvalue weighted by molar-refractivity contribution is 6.32. The van der Waals surface area contributed by atoms with Gasteiger partial charge < -0.3 is 14.2 Å². The van der Waals surface area contributed by atoms with Crippen LogP contribution in [0.1, 0.15) is 11.1 Å². The Morgan fingerprint density at radius 1 is 1.07 bits per heavy atom. The molecule has 0 saturated carbocycles. The van der Waals surface area contributed by atoms with E-state index in [4.69, 9.17) is 21.1 Å². The van der Waals surface area contributed by atoms with Crippen molar-refractivity contribution in [2.45, 2.75) is 12.6 Å². The highest BCUT2D eigenvalue weighted by Gasteiger charge is 2.31. The second-order valence-corrected chi connectivity index (χ2v) is 5.71. The maximum absolute atomic E-state index is 12.7. The van der Waals surface area contributed by atoms with Crippen LogP contribution < -0.4 is 4.74 Å². The third-order valence-electron chi connectivity index (χ3n) is 3.31. The molecule has 0 aliphatic rings. The van der Waals surface area contributed by atoms with Gasteiger partial charge in [-0.1, -0.05) is 23.7 Å². The summed E-state index contributed by atoms with van der Waals surface area (Å²) in [6.45, 7) is -0.493. The van der Waals surface area contributed by atoms with Crippen LogP contribution in [-0.2, 0) is 31.7 Å². The number of rotatable bonds is 6. The highest BCUT2D eigenvalue weighted by atomic mass is 35.5. The molecular weight excluding hydrogens is 389 g/mol. The normalized spacial score (nSPS) is 11.0. The molecule has 0 fully saturated rings. The first kappa shape index (κ1) is 20.6. The number of esters is 2. The van der Waals surface area contributed by atoms with E-state index in [0.717, 1.165) is 18.2 Å². The second kappa shape index (κ2) is 8.77. The lowest BCUT2D eigenvalue weighted by atomic mass is 10.1. The first-order chi connectivity index (χ1) is 12.7. The highest BCUT2D eigenvalue weighted by Crippen LogP contribution is 2.36. The molecule has 0 spiro atoms. The number of carbonyl (C=O) groups is 2. The van der Waals surface area contributed by atoms with Crippen LogP contribution in [0.3, 0.4) is 0 Å². The Morgan fingerprint density at radius 3 is 2.44 bits per heavy atom. The Kier molecular flexibility index (Phi) is 6.68. The van der Waals surface area contributed by atoms with Crippen LogP contribution in [0.2, 0.25) is 5.02 Å². The molecule has 0 heterocycles. The lowest BCUT2D eigenvalue weighted by molar-refractivity contribution is -0.156. The fourth-order valence-corrected chi connectivity index (χ4v) is 2.24. The SMILES string of the molecule is COC(=O)COC(=O)Cc1cccc(Oc2ccc(C(F)(F)F)cc2Cl)c1. The van der Waals surface area contributed by atoms with Crippen LogP contribution in [0, 0.1) is 0 Å². The topological polar surface area (TPSA) is 61.8 Å². The molecule has 0 N–H and O–H groups in total. The molecule has 0 saturated heterocycles. The lowest BCUT2D eigenvalue weighted by Gasteiger charge is -2.12. The third kappa shape index (κ3) is 6.18. The number of ether oxygens (including phenoxy) is 3. The summed E-state index contributed by atoms with van der Waals surface area (Å²) in [5.41, 5.74) is -0.368. The van der Waals surface area contributed by atoms with E-state index in [0.29, 0.717) is 5.56 Å². The predicted octanol–water partition coefficient (Wildman–Crippen LogP) is 4.41. The zero-order chi connectivity index (χ0) is 20.0. The Morgan fingerprint density at radius 2 is 1.81 bits per heavy atom. The van der Waals surface area contributed by atoms with Gasteiger partial charge in [-0.25, -0.2) is 4.79 Å². The zero-order valence-electron chi connectivity index (χ0n) is 14.0. The minimum absolute atomic E-state index is 0.0371. The van der Waals surface area contributed by atoms with Crippen LogP contribution in [0.5, 0.6) is 11.5 Å². The molecule has 2 rings (SSSR count). The van der Waals surface area contributed by atoms with Crippen molar-refractivity contribution in [3.63, 3.8) is 0 Å². The van der Waals surface area contributed by atoms with Gasteiger partial charge in [-0.3, -0.25) is 4.79 Å². The van der Waals surface area contributed by atoms with Crippen molar-refractivity contribution in [3.05, 3.63) is 58.6 Å². The number of halogens is 4. The van der Waals surface area contributed by atoms with Crippen molar-refractivity contribution in [2.24, 2.45) is 0 Å². The zero-order valence-corrected chi connectivity index (χ0v) is 14.8. The van der Waals surface area contributed by atoms with Gasteiger partial charge in [0.1, 0.15) is 11.5 Å². The number of methoxy groups -OCH3 is 1. The largest absolute Gasteiger partial charge is 0.466 e. The van der Waals surface area contributed by atoms with E-state index in [1.54, 1.807) is 18.2 Å². The molecule has 0 bridgehead atoms. The Hall–Kier alpha value is -2.74. The van der Waals surface area contributed by atoms with E-state index in [9.17, 15) is 22.8 Å². The van der Waals surface area contributed by atoms with Gasteiger partial charge in [0, 0.05) is 0 Å². The molecule has 27 heavy (non-hydrogen) atoms. The van der Waals surface area contributed by atoms with Gasteiger partial charge in [-0.2, -0.15) is 13.2 Å². The fraction of sp³-hybridized carbons (Fsp3) is 0.222. The molecule has 9 heteroatoms. The monoisotopic (exact) mass is 402 g/mol. The lowest BCUT2D eigenvalue weighted by Crippen LogP contribution is -2.16. The van der Waals surface area contributed by atoms with Gasteiger partial charge in [-0.05, 0) is 35.9 Å². The molecule has 0 amide bonds. The summed E-state index contributed by atoms with van der Waals surface area (Å²) < 4.78 is 52.6. The van der Waals surface area contributed by atoms with Gasteiger partial charge in [0.15, 0.2) is 6.61 Å². The van der Waals surface area contributed by atoms with E-state index >= 15 is 0 Å². The van der Waals surface area contributed by atoms with Gasteiger partial charge in [0.05, 0.1) is 24.1 Å². The average Bonchev–Trinajstić information content (AvgIpc) is 2.60. The van der Waals surface area contributed by atoms with Crippen molar-refractivity contribution in [2.75, 3.05) is 13.7 Å². The second-order valence-electron chi connectivity index (χ2n) is 5.31. The van der Waals surface area contributed by atoms with Crippen molar-refractivity contribution in [1.29, 1.82) is 0 Å². The quantitative estimate of drug-likeness (QED) is 0.670.